The predicted molar refractivity (Wildman–Crippen MR) is 148 cm³/mol. The molecule has 0 aliphatic carbocycles. The van der Waals surface area contributed by atoms with E-state index in [-0.39, 0.29) is 37.7 Å². The van der Waals surface area contributed by atoms with Gasteiger partial charge in [-0.15, -0.1) is 11.1 Å². The minimum Gasteiger partial charge on any atom is -0.307 e. The van der Waals surface area contributed by atoms with Gasteiger partial charge in [0.1, 0.15) is 0 Å². The summed E-state index contributed by atoms with van der Waals surface area (Å²) in [6.07, 6.45) is 5.48. The van der Waals surface area contributed by atoms with Crippen LogP contribution in [0.2, 0.25) is 38.3 Å². The van der Waals surface area contributed by atoms with Gasteiger partial charge in [0.15, 0.2) is 0 Å². The molecule has 0 unspecified atom stereocenters. The first-order chi connectivity index (χ1) is 15.0. The molecule has 0 saturated heterocycles. The van der Waals surface area contributed by atoms with Crippen molar-refractivity contribution < 1.29 is 37.7 Å². The van der Waals surface area contributed by atoms with Crippen LogP contribution in [-0.2, 0) is 13.1 Å². The van der Waals surface area contributed by atoms with Crippen molar-refractivity contribution in [3.8, 4) is 0 Å². The summed E-state index contributed by atoms with van der Waals surface area (Å²) in [6, 6.07) is 23.7. The molecule has 178 valence electrons. The normalized spacial score (nSPS) is 11.9. The summed E-state index contributed by atoms with van der Waals surface area (Å²) < 4.78 is 0. The van der Waals surface area contributed by atoms with Crippen molar-refractivity contribution in [1.82, 2.24) is 9.80 Å². The van der Waals surface area contributed by atoms with Gasteiger partial charge in [0.05, 0.1) is 0 Å². The van der Waals surface area contributed by atoms with Gasteiger partial charge in [-0.2, -0.15) is 58.9 Å². The maximum atomic E-state index is 3.52. The third-order valence-electron chi connectivity index (χ3n) is 6.64. The first kappa shape index (κ1) is 34.0. The summed E-state index contributed by atoms with van der Waals surface area (Å²) in [5.74, 6) is 0. The molecule has 6 heteroatoms. The number of hydrogen-bond donors (Lipinski definition) is 0. The Hall–Kier alpha value is -0.0114. The van der Waals surface area contributed by atoms with E-state index in [1.54, 1.807) is 10.4 Å². The molecule has 0 atom stereocenters. The van der Waals surface area contributed by atoms with E-state index in [9.17, 15) is 0 Å². The van der Waals surface area contributed by atoms with E-state index in [0.717, 1.165) is 13.1 Å². The maximum absolute atomic E-state index is 3.52. The van der Waals surface area contributed by atoms with Crippen LogP contribution in [0.5, 0.6) is 0 Å². The Balaban J connectivity index is 0.00000544. The van der Waals surface area contributed by atoms with E-state index in [2.05, 4.69) is 113 Å². The number of nitrogens with zero attached hydrogens (tertiary/aromatic N) is 2. The zero-order chi connectivity index (χ0) is 23.8. The molecule has 0 amide bonds. The number of hydrogen-bond acceptors (Lipinski definition) is 2. The van der Waals surface area contributed by atoms with Crippen LogP contribution >= 0.6 is 0 Å². The standard InChI is InChI=1S/C28H46N2Si2.2Li/c1-29(2)23-25-13-17-27(18-14-25)31(5,6)21-11-9-10-12-22-32(7,8)28-19-15-26(16-20-28)24-30(3)4;;/h13,15,17-20H,9-12,21-24H2,1-8H3;;/q-2;2*+1. The van der Waals surface area contributed by atoms with Gasteiger partial charge in [-0.1, -0.05) is 64.0 Å². The van der Waals surface area contributed by atoms with E-state index in [4.69, 9.17) is 0 Å². The third-order valence-corrected chi connectivity index (χ3v) is 13.6. The molecule has 2 rings (SSSR count). The second kappa shape index (κ2) is 16.0. The molecule has 0 saturated carbocycles. The zero-order valence-corrected chi connectivity index (χ0v) is 26.0. The minimum absolute atomic E-state index is 0. The van der Waals surface area contributed by atoms with E-state index < -0.39 is 16.1 Å². The molecule has 0 heterocycles. The van der Waals surface area contributed by atoms with E-state index >= 15 is 0 Å². The predicted octanol–water partition coefficient (Wildman–Crippen LogP) is -0.490. The van der Waals surface area contributed by atoms with Gasteiger partial charge >= 0.3 is 37.7 Å². The smallest absolute Gasteiger partial charge is 0.307 e. The fourth-order valence-electron chi connectivity index (χ4n) is 4.41. The molecule has 2 aromatic rings. The molecular weight excluding hydrogens is 434 g/mol. The van der Waals surface area contributed by atoms with Crippen LogP contribution in [0.4, 0.5) is 0 Å². The Morgan fingerprint density at radius 2 is 0.941 bits per heavy atom. The largest absolute Gasteiger partial charge is 1.00 e. The molecule has 0 spiro atoms. The van der Waals surface area contributed by atoms with E-state index in [1.165, 1.54) is 48.9 Å². The van der Waals surface area contributed by atoms with Crippen LogP contribution in [0.25, 0.3) is 0 Å². The summed E-state index contributed by atoms with van der Waals surface area (Å²) in [6.45, 7) is 12.0. The van der Waals surface area contributed by atoms with Crippen molar-refractivity contribution in [2.45, 2.75) is 77.0 Å². The van der Waals surface area contributed by atoms with Crippen molar-refractivity contribution in [2.75, 3.05) is 28.2 Å². The van der Waals surface area contributed by atoms with Gasteiger partial charge < -0.3 is 9.80 Å². The average Bonchev–Trinajstić information content (AvgIpc) is 2.70. The molecule has 34 heavy (non-hydrogen) atoms. The van der Waals surface area contributed by atoms with Crippen LogP contribution < -0.4 is 48.1 Å². The Kier molecular flexibility index (Phi) is 16.0. The molecule has 0 bridgehead atoms. The Labute approximate surface area is 237 Å². The SMILES string of the molecule is CN(C)Cc1[c-]cc([Si](C)(C)CCCCCC[Si](C)(C)c2c[c-]c(CN(C)C)cc2)cc1.[Li+].[Li+]. The Bertz CT molecular complexity index is 735. The van der Waals surface area contributed by atoms with Gasteiger partial charge in [0, 0.05) is 29.2 Å². The van der Waals surface area contributed by atoms with Gasteiger partial charge in [0.2, 0.25) is 0 Å². The minimum atomic E-state index is -1.35. The zero-order valence-electron chi connectivity index (χ0n) is 24.0. The van der Waals surface area contributed by atoms with Crippen molar-refractivity contribution in [1.29, 1.82) is 0 Å². The molecule has 0 aliphatic heterocycles. The fourth-order valence-corrected chi connectivity index (χ4v) is 9.25. The average molecular weight is 481 g/mol. The van der Waals surface area contributed by atoms with Gasteiger partial charge in [-0.25, -0.2) is 0 Å². The molecule has 0 N–H and O–H groups in total. The Morgan fingerprint density at radius 3 is 1.21 bits per heavy atom. The third kappa shape index (κ3) is 11.8. The van der Waals surface area contributed by atoms with Crippen LogP contribution in [0.3, 0.4) is 0 Å². The quantitative estimate of drug-likeness (QED) is 0.217. The van der Waals surface area contributed by atoms with Crippen LogP contribution in [0, 0.1) is 12.1 Å². The van der Waals surface area contributed by atoms with Gasteiger partial charge in [-0.3, -0.25) is 0 Å². The summed E-state index contributed by atoms with van der Waals surface area (Å²) in [4.78, 5) is 4.41. The van der Waals surface area contributed by atoms with Crippen LogP contribution in [0.1, 0.15) is 36.8 Å². The topological polar surface area (TPSA) is 6.48 Å². The molecule has 0 fully saturated rings. The maximum Gasteiger partial charge on any atom is 1.00 e. The first-order valence-corrected chi connectivity index (χ1v) is 18.7. The summed E-state index contributed by atoms with van der Waals surface area (Å²) in [5.41, 5.74) is 2.58. The number of rotatable bonds is 13. The summed E-state index contributed by atoms with van der Waals surface area (Å²) in [5, 5.41) is 3.12. The van der Waals surface area contributed by atoms with Crippen LogP contribution in [-0.4, -0.2) is 54.1 Å². The molecular formula is C28H46Li2N2Si2. The number of unbranched alkanes of at least 4 members (excludes halogenated alkanes) is 3. The van der Waals surface area contributed by atoms with E-state index in [1.807, 2.05) is 0 Å². The van der Waals surface area contributed by atoms with Crippen LogP contribution in [0.15, 0.2) is 36.4 Å². The molecule has 0 aromatic heterocycles. The van der Waals surface area contributed by atoms with Gasteiger partial charge in [-0.05, 0) is 28.2 Å². The van der Waals surface area contributed by atoms with Crippen molar-refractivity contribution in [3.05, 3.63) is 59.7 Å². The van der Waals surface area contributed by atoms with Crippen molar-refractivity contribution in [3.63, 3.8) is 0 Å². The Morgan fingerprint density at radius 1 is 0.588 bits per heavy atom. The molecule has 2 aromatic carbocycles. The molecule has 2 nitrogen and oxygen atoms in total. The fraction of sp³-hybridized carbons (Fsp3) is 0.571. The van der Waals surface area contributed by atoms with E-state index in [0.29, 0.717) is 0 Å². The first-order valence-electron chi connectivity index (χ1n) is 12.3. The molecule has 0 radical (unpaired) electrons. The van der Waals surface area contributed by atoms with Crippen molar-refractivity contribution in [2.24, 2.45) is 0 Å². The second-order valence-electron chi connectivity index (χ2n) is 11.4. The number of benzene rings is 2. The second-order valence-corrected chi connectivity index (χ2v) is 21.1. The summed E-state index contributed by atoms with van der Waals surface area (Å²) in [7, 11) is 5.76. The van der Waals surface area contributed by atoms with Gasteiger partial charge in [0.25, 0.3) is 0 Å². The monoisotopic (exact) mass is 480 g/mol. The van der Waals surface area contributed by atoms with Crippen molar-refractivity contribution >= 4 is 26.5 Å². The molecule has 0 aliphatic rings. The summed E-state index contributed by atoms with van der Waals surface area (Å²) >= 11 is 0.